The van der Waals surface area contributed by atoms with Gasteiger partial charge >= 0.3 is 0 Å². The zero-order valence-electron chi connectivity index (χ0n) is 9.61. The van der Waals surface area contributed by atoms with Crippen LogP contribution in [0.25, 0.3) is 0 Å². The van der Waals surface area contributed by atoms with Crippen molar-refractivity contribution in [3.63, 3.8) is 0 Å². The number of aromatic nitrogens is 1. The van der Waals surface area contributed by atoms with Gasteiger partial charge in [0.1, 0.15) is 0 Å². The van der Waals surface area contributed by atoms with Crippen molar-refractivity contribution in [1.82, 2.24) is 10.3 Å². The van der Waals surface area contributed by atoms with Crippen molar-refractivity contribution in [3.8, 4) is 5.88 Å². The molecule has 0 aliphatic rings. The lowest BCUT2D eigenvalue weighted by atomic mass is 10.2. The number of halogens is 1. The van der Waals surface area contributed by atoms with E-state index in [9.17, 15) is 0 Å². The number of hydrogen-bond acceptors (Lipinski definition) is 3. The lowest BCUT2D eigenvalue weighted by molar-refractivity contribution is 0.229. The van der Waals surface area contributed by atoms with E-state index in [2.05, 4.69) is 10.3 Å². The smallest absolute Gasteiger partial charge is 0.218 e. The van der Waals surface area contributed by atoms with E-state index in [1.165, 1.54) is 5.54 Å². The molecule has 1 aromatic heterocycles. The normalized spacial score (nSPS) is 11.2. The van der Waals surface area contributed by atoms with Gasteiger partial charge in [-0.2, -0.15) is 0 Å². The molecule has 88 valence electrons. The Balaban J connectivity index is 2.56. The van der Waals surface area contributed by atoms with Crippen LogP contribution in [-0.4, -0.2) is 17.6 Å². The molecule has 0 aromatic carbocycles. The van der Waals surface area contributed by atoms with Crippen LogP contribution in [0.3, 0.4) is 0 Å². The van der Waals surface area contributed by atoms with E-state index < -0.39 is 0 Å². The van der Waals surface area contributed by atoms with Gasteiger partial charge in [-0.25, -0.2) is 4.98 Å². The summed E-state index contributed by atoms with van der Waals surface area (Å²) in [7, 11) is 0. The maximum absolute atomic E-state index is 5.61. The van der Waals surface area contributed by atoms with Crippen LogP contribution >= 0.6 is 11.6 Å². The highest BCUT2D eigenvalue weighted by atomic mass is 35.5. The minimum absolute atomic E-state index is 0.136. The molecule has 3 nitrogen and oxygen atoms in total. The quantitative estimate of drug-likeness (QED) is 0.777. The molecule has 1 heterocycles. The van der Waals surface area contributed by atoms with Crippen molar-refractivity contribution in [1.29, 1.82) is 0 Å². The molecule has 0 aliphatic heterocycles. The Kier molecular flexibility index (Phi) is 5.90. The molecular formula is C12H17ClN2O. The molecule has 0 fully saturated rings. The molecule has 0 aliphatic carbocycles. The highest BCUT2D eigenvalue weighted by Crippen LogP contribution is 2.15. The second-order valence-electron chi connectivity index (χ2n) is 3.63. The Morgan fingerprint density at radius 1 is 1.56 bits per heavy atom. The van der Waals surface area contributed by atoms with E-state index in [1.807, 2.05) is 32.1 Å². The van der Waals surface area contributed by atoms with Crippen molar-refractivity contribution in [2.24, 2.45) is 0 Å². The van der Waals surface area contributed by atoms with E-state index in [0.29, 0.717) is 5.88 Å². The number of hydrogen-bond donors (Lipinski definition) is 1. The van der Waals surface area contributed by atoms with E-state index in [1.54, 1.807) is 6.20 Å². The molecule has 0 unspecified atom stereocenters. The summed E-state index contributed by atoms with van der Waals surface area (Å²) in [6.45, 7) is 5.43. The lowest BCUT2D eigenvalue weighted by Gasteiger charge is -2.12. The second-order valence-corrected chi connectivity index (χ2v) is 3.88. The zero-order valence-corrected chi connectivity index (χ0v) is 10.4. The predicted molar refractivity (Wildman–Crippen MR) is 66.7 cm³/mol. The first-order chi connectivity index (χ1) is 7.74. The first-order valence-corrected chi connectivity index (χ1v) is 5.74. The van der Waals surface area contributed by atoms with Gasteiger partial charge in [0, 0.05) is 30.4 Å². The Hall–Kier alpha value is -1.06. The Labute approximate surface area is 101 Å². The van der Waals surface area contributed by atoms with Crippen molar-refractivity contribution in [2.75, 3.05) is 6.54 Å². The Morgan fingerprint density at radius 3 is 3.06 bits per heavy atom. The van der Waals surface area contributed by atoms with Crippen molar-refractivity contribution in [2.45, 2.75) is 26.5 Å². The third-order valence-corrected chi connectivity index (χ3v) is 2.04. The molecule has 0 atom stereocenters. The van der Waals surface area contributed by atoms with Gasteiger partial charge < -0.3 is 10.1 Å². The molecular weight excluding hydrogens is 224 g/mol. The molecule has 16 heavy (non-hydrogen) atoms. The third kappa shape index (κ3) is 4.64. The number of ether oxygens (including phenoxy) is 1. The van der Waals surface area contributed by atoms with Crippen molar-refractivity contribution >= 4 is 11.6 Å². The van der Waals surface area contributed by atoms with Crippen LogP contribution in [0, 0.1) is 0 Å². The fourth-order valence-corrected chi connectivity index (χ4v) is 1.31. The van der Waals surface area contributed by atoms with Crippen LogP contribution in [0.5, 0.6) is 5.88 Å². The van der Waals surface area contributed by atoms with Crippen LogP contribution in [-0.2, 0) is 6.54 Å². The van der Waals surface area contributed by atoms with E-state index in [4.69, 9.17) is 16.3 Å². The molecule has 1 N–H and O–H groups in total. The fourth-order valence-electron chi connectivity index (χ4n) is 1.22. The highest BCUT2D eigenvalue weighted by molar-refractivity contribution is 6.25. The summed E-state index contributed by atoms with van der Waals surface area (Å²) in [5.74, 6) is 0.694. The molecule has 1 rings (SSSR count). The average Bonchev–Trinajstić information content (AvgIpc) is 2.26. The summed E-state index contributed by atoms with van der Waals surface area (Å²) >= 11 is 5.43. The number of nitrogens with zero attached hydrogens (tertiary/aromatic N) is 1. The highest BCUT2D eigenvalue weighted by Gasteiger charge is 2.05. The molecule has 0 bridgehead atoms. The zero-order chi connectivity index (χ0) is 11.8. The topological polar surface area (TPSA) is 34.1 Å². The number of pyridine rings is 1. The Morgan fingerprint density at radius 2 is 2.38 bits per heavy atom. The van der Waals surface area contributed by atoms with Crippen LogP contribution in [0.15, 0.2) is 29.9 Å². The van der Waals surface area contributed by atoms with E-state index in [-0.39, 0.29) is 6.10 Å². The van der Waals surface area contributed by atoms with Gasteiger partial charge in [-0.05, 0) is 19.9 Å². The average molecular weight is 241 g/mol. The summed E-state index contributed by atoms with van der Waals surface area (Å²) in [5.41, 5.74) is 2.56. The first kappa shape index (κ1) is 13.0. The molecule has 0 amide bonds. The van der Waals surface area contributed by atoms with Gasteiger partial charge in [0.05, 0.1) is 6.10 Å². The summed E-state index contributed by atoms with van der Waals surface area (Å²) < 4.78 is 5.61. The first-order valence-electron chi connectivity index (χ1n) is 5.30. The number of rotatable bonds is 6. The van der Waals surface area contributed by atoms with Crippen molar-refractivity contribution in [3.05, 3.63) is 35.5 Å². The molecule has 1 aromatic rings. The third-order valence-electron chi connectivity index (χ3n) is 1.86. The SMILES string of the molecule is CC(C)Oc1ncccc1CNC/C=C/Cl. The maximum Gasteiger partial charge on any atom is 0.218 e. The summed E-state index contributed by atoms with van der Waals surface area (Å²) in [5, 5.41) is 3.22. The summed E-state index contributed by atoms with van der Waals surface area (Å²) in [4.78, 5) is 4.21. The van der Waals surface area contributed by atoms with E-state index in [0.717, 1.165) is 18.7 Å². The minimum Gasteiger partial charge on any atom is -0.475 e. The number of nitrogens with one attached hydrogen (secondary N) is 1. The monoisotopic (exact) mass is 240 g/mol. The largest absolute Gasteiger partial charge is 0.475 e. The van der Waals surface area contributed by atoms with Crippen LogP contribution in [0.2, 0.25) is 0 Å². The minimum atomic E-state index is 0.136. The predicted octanol–water partition coefficient (Wildman–Crippen LogP) is 2.71. The molecule has 0 saturated heterocycles. The molecule has 4 heteroatoms. The van der Waals surface area contributed by atoms with Crippen LogP contribution in [0.1, 0.15) is 19.4 Å². The van der Waals surface area contributed by atoms with Gasteiger partial charge in [0.2, 0.25) is 5.88 Å². The van der Waals surface area contributed by atoms with Gasteiger partial charge in [-0.15, -0.1) is 0 Å². The summed E-state index contributed by atoms with van der Waals surface area (Å²) in [6, 6.07) is 3.91. The lowest BCUT2D eigenvalue weighted by Crippen LogP contribution is -2.15. The van der Waals surface area contributed by atoms with Gasteiger partial charge in [0.25, 0.3) is 0 Å². The van der Waals surface area contributed by atoms with Gasteiger partial charge in [-0.3, -0.25) is 0 Å². The standard InChI is InChI=1S/C12H17ClN2O/c1-10(2)16-12-11(5-3-8-15-12)9-14-7-4-6-13/h3-6,8,10,14H,7,9H2,1-2H3/b6-4+. The fraction of sp³-hybridized carbons (Fsp3) is 0.417. The van der Waals surface area contributed by atoms with Gasteiger partial charge in [0.15, 0.2) is 0 Å². The van der Waals surface area contributed by atoms with Gasteiger partial charge in [-0.1, -0.05) is 23.7 Å². The Bertz CT molecular complexity index is 340. The molecule has 0 spiro atoms. The van der Waals surface area contributed by atoms with E-state index >= 15 is 0 Å². The van der Waals surface area contributed by atoms with Crippen LogP contribution < -0.4 is 10.1 Å². The molecule has 0 radical (unpaired) electrons. The van der Waals surface area contributed by atoms with Crippen molar-refractivity contribution < 1.29 is 4.74 Å². The summed E-state index contributed by atoms with van der Waals surface area (Å²) in [6.07, 6.45) is 3.72. The second kappa shape index (κ2) is 7.25. The van der Waals surface area contributed by atoms with Crippen LogP contribution in [0.4, 0.5) is 0 Å². The maximum atomic E-state index is 5.61. The molecule has 0 saturated carbocycles.